The van der Waals surface area contributed by atoms with E-state index < -0.39 is 27.4 Å². The van der Waals surface area contributed by atoms with Crippen molar-refractivity contribution in [2.45, 2.75) is 18.2 Å². The first-order chi connectivity index (χ1) is 12.3. The molecule has 1 N–H and O–H groups in total. The Hall–Kier alpha value is -2.39. The topological polar surface area (TPSA) is 76.1 Å². The molecule has 5 nitrogen and oxygen atoms in total. The second kappa shape index (κ2) is 7.08. The van der Waals surface area contributed by atoms with Crippen LogP contribution < -0.4 is 5.32 Å². The summed E-state index contributed by atoms with van der Waals surface area (Å²) in [5.41, 5.74) is 0.622. The summed E-state index contributed by atoms with van der Waals surface area (Å²) in [4.78, 5) is 16.3. The molecule has 136 valence electrons. The highest BCUT2D eigenvalue weighted by Crippen LogP contribution is 2.28. The van der Waals surface area contributed by atoms with Crippen molar-refractivity contribution >= 4 is 42.4 Å². The molecule has 3 rings (SSSR count). The van der Waals surface area contributed by atoms with Crippen molar-refractivity contribution in [1.29, 1.82) is 0 Å². The monoisotopic (exact) mass is 396 g/mol. The van der Waals surface area contributed by atoms with Gasteiger partial charge >= 0.3 is 0 Å². The molecule has 0 unspecified atom stereocenters. The molecule has 0 saturated carbocycles. The fourth-order valence-corrected chi connectivity index (χ4v) is 4.15. The first kappa shape index (κ1) is 18.4. The Morgan fingerprint density at radius 1 is 1.19 bits per heavy atom. The summed E-state index contributed by atoms with van der Waals surface area (Å²) >= 11 is 0.971. The fraction of sp³-hybridized carbons (Fsp3) is 0.176. The maximum absolute atomic E-state index is 13.7. The van der Waals surface area contributed by atoms with Crippen LogP contribution in [0.1, 0.15) is 12.5 Å². The van der Waals surface area contributed by atoms with E-state index in [9.17, 15) is 22.0 Å². The number of sulfone groups is 1. The Bertz CT molecular complexity index is 1080. The molecule has 9 heteroatoms. The van der Waals surface area contributed by atoms with E-state index in [4.69, 9.17) is 0 Å². The molecule has 2 aromatic carbocycles. The predicted octanol–water partition coefficient (Wildman–Crippen LogP) is 3.55. The SMILES string of the molecule is CCS(=O)(=O)c1ccc(CC(=O)Nc2nc3c(F)cc(F)cc3s2)cc1. The van der Waals surface area contributed by atoms with Crippen LogP contribution in [0.25, 0.3) is 10.2 Å². The van der Waals surface area contributed by atoms with Crippen molar-refractivity contribution in [3.8, 4) is 0 Å². The van der Waals surface area contributed by atoms with Gasteiger partial charge in [0, 0.05) is 6.07 Å². The molecular formula is C17H14F2N2O3S2. The molecule has 1 aromatic heterocycles. The number of aromatic nitrogens is 1. The van der Waals surface area contributed by atoms with Crippen LogP contribution in [0.15, 0.2) is 41.3 Å². The highest BCUT2D eigenvalue weighted by molar-refractivity contribution is 7.91. The molecule has 0 radical (unpaired) electrons. The van der Waals surface area contributed by atoms with Crippen LogP contribution in [0.2, 0.25) is 0 Å². The highest BCUT2D eigenvalue weighted by atomic mass is 32.2. The average molecular weight is 396 g/mol. The Labute approximate surface area is 152 Å². The number of carbonyl (C=O) groups excluding carboxylic acids is 1. The van der Waals surface area contributed by atoms with Gasteiger partial charge in [0.25, 0.3) is 0 Å². The molecule has 0 aliphatic carbocycles. The molecule has 0 aliphatic rings. The Morgan fingerprint density at radius 2 is 1.88 bits per heavy atom. The first-order valence-electron chi connectivity index (χ1n) is 7.65. The van der Waals surface area contributed by atoms with Crippen LogP contribution in [0, 0.1) is 11.6 Å². The maximum Gasteiger partial charge on any atom is 0.230 e. The molecular weight excluding hydrogens is 382 g/mol. The van der Waals surface area contributed by atoms with E-state index in [0.717, 1.165) is 23.5 Å². The lowest BCUT2D eigenvalue weighted by molar-refractivity contribution is -0.115. The van der Waals surface area contributed by atoms with E-state index in [-0.39, 0.29) is 27.7 Å². The zero-order valence-corrected chi connectivity index (χ0v) is 15.3. The van der Waals surface area contributed by atoms with E-state index in [2.05, 4.69) is 10.3 Å². The second-order valence-corrected chi connectivity index (χ2v) is 8.83. The first-order valence-corrected chi connectivity index (χ1v) is 10.1. The fourth-order valence-electron chi connectivity index (χ4n) is 2.34. The lowest BCUT2D eigenvalue weighted by atomic mass is 10.1. The number of hydrogen-bond acceptors (Lipinski definition) is 5. The molecule has 0 bridgehead atoms. The number of anilines is 1. The zero-order chi connectivity index (χ0) is 18.9. The van der Waals surface area contributed by atoms with Gasteiger partial charge < -0.3 is 5.32 Å². The summed E-state index contributed by atoms with van der Waals surface area (Å²) in [5, 5.41) is 2.71. The van der Waals surface area contributed by atoms with Gasteiger partial charge in [0.05, 0.1) is 21.8 Å². The highest BCUT2D eigenvalue weighted by Gasteiger charge is 2.14. The maximum atomic E-state index is 13.7. The van der Waals surface area contributed by atoms with Gasteiger partial charge in [-0.25, -0.2) is 22.2 Å². The Morgan fingerprint density at radius 3 is 2.54 bits per heavy atom. The number of carbonyl (C=O) groups is 1. The number of benzene rings is 2. The van der Waals surface area contributed by atoms with Gasteiger partial charge in [-0.3, -0.25) is 4.79 Å². The molecule has 0 spiro atoms. The third-order valence-electron chi connectivity index (χ3n) is 3.69. The molecule has 1 heterocycles. The van der Waals surface area contributed by atoms with Crippen molar-refractivity contribution in [3.05, 3.63) is 53.6 Å². The Kier molecular flexibility index (Phi) is 5.01. The van der Waals surface area contributed by atoms with E-state index in [0.29, 0.717) is 10.3 Å². The minimum absolute atomic E-state index is 0.000764. The van der Waals surface area contributed by atoms with Crippen LogP contribution in [0.4, 0.5) is 13.9 Å². The molecule has 0 saturated heterocycles. The van der Waals surface area contributed by atoms with Crippen molar-refractivity contribution in [2.75, 3.05) is 11.1 Å². The number of fused-ring (bicyclic) bond motifs is 1. The molecule has 3 aromatic rings. The van der Waals surface area contributed by atoms with Gasteiger partial charge in [0.1, 0.15) is 11.3 Å². The largest absolute Gasteiger partial charge is 0.302 e. The average Bonchev–Trinajstić information content (AvgIpc) is 2.97. The summed E-state index contributed by atoms with van der Waals surface area (Å²) in [6.45, 7) is 1.56. The smallest absolute Gasteiger partial charge is 0.230 e. The third kappa shape index (κ3) is 3.88. The van der Waals surface area contributed by atoms with Crippen molar-refractivity contribution in [2.24, 2.45) is 0 Å². The summed E-state index contributed by atoms with van der Waals surface area (Å²) in [5.74, 6) is -1.89. The number of thiazole rings is 1. The number of hydrogen-bond donors (Lipinski definition) is 1. The Balaban J connectivity index is 1.72. The lowest BCUT2D eigenvalue weighted by Gasteiger charge is -2.04. The third-order valence-corrected chi connectivity index (χ3v) is 6.36. The number of halogens is 2. The zero-order valence-electron chi connectivity index (χ0n) is 13.6. The summed E-state index contributed by atoms with van der Waals surface area (Å²) < 4.78 is 50.7. The van der Waals surface area contributed by atoms with Crippen LogP contribution in [0.5, 0.6) is 0 Å². The normalized spacial score (nSPS) is 11.7. The van der Waals surface area contributed by atoms with E-state index in [1.54, 1.807) is 19.1 Å². The lowest BCUT2D eigenvalue weighted by Crippen LogP contribution is -2.14. The van der Waals surface area contributed by atoms with Crippen LogP contribution in [0.3, 0.4) is 0 Å². The molecule has 0 fully saturated rings. The summed E-state index contributed by atoms with van der Waals surface area (Å²) in [6.07, 6.45) is -0.000773. The van der Waals surface area contributed by atoms with Gasteiger partial charge in [-0.05, 0) is 23.8 Å². The molecule has 0 atom stereocenters. The van der Waals surface area contributed by atoms with Gasteiger partial charge in [-0.1, -0.05) is 30.4 Å². The van der Waals surface area contributed by atoms with Crippen LogP contribution in [-0.4, -0.2) is 25.1 Å². The van der Waals surface area contributed by atoms with Gasteiger partial charge in [0.15, 0.2) is 20.8 Å². The molecule has 26 heavy (non-hydrogen) atoms. The van der Waals surface area contributed by atoms with Gasteiger partial charge in [0.2, 0.25) is 5.91 Å². The number of amides is 1. The number of nitrogens with one attached hydrogen (secondary N) is 1. The van der Waals surface area contributed by atoms with Gasteiger partial charge in [-0.2, -0.15) is 0 Å². The van der Waals surface area contributed by atoms with Crippen LogP contribution in [-0.2, 0) is 21.1 Å². The van der Waals surface area contributed by atoms with Crippen LogP contribution >= 0.6 is 11.3 Å². The quantitative estimate of drug-likeness (QED) is 0.716. The van der Waals surface area contributed by atoms with Crippen molar-refractivity contribution in [3.63, 3.8) is 0 Å². The molecule has 1 amide bonds. The summed E-state index contributed by atoms with van der Waals surface area (Å²) in [7, 11) is -3.29. The number of rotatable bonds is 5. The van der Waals surface area contributed by atoms with Gasteiger partial charge in [-0.15, -0.1) is 0 Å². The number of nitrogens with zero attached hydrogens (tertiary/aromatic N) is 1. The predicted molar refractivity (Wildman–Crippen MR) is 96.0 cm³/mol. The minimum Gasteiger partial charge on any atom is -0.302 e. The minimum atomic E-state index is -3.29. The van der Waals surface area contributed by atoms with E-state index in [1.165, 1.54) is 12.1 Å². The summed E-state index contributed by atoms with van der Waals surface area (Å²) in [6, 6.07) is 7.93. The second-order valence-electron chi connectivity index (χ2n) is 5.53. The van der Waals surface area contributed by atoms with Crippen molar-refractivity contribution < 1.29 is 22.0 Å². The molecule has 0 aliphatic heterocycles. The van der Waals surface area contributed by atoms with E-state index >= 15 is 0 Å². The standard InChI is InChI=1S/C17H14F2N2O3S2/c1-2-26(23,24)12-5-3-10(4-6-12)7-15(22)20-17-21-16-13(19)8-11(18)9-14(16)25-17/h3-6,8-9H,2,7H2,1H3,(H,20,21,22). The van der Waals surface area contributed by atoms with Crippen molar-refractivity contribution in [1.82, 2.24) is 4.98 Å². The van der Waals surface area contributed by atoms with E-state index in [1.807, 2.05) is 0 Å².